The number of carboxylic acid groups (broad SMARTS) is 1. The molecule has 1 saturated heterocycles. The van der Waals surface area contributed by atoms with E-state index in [2.05, 4.69) is 5.32 Å². The molecule has 0 spiro atoms. The van der Waals surface area contributed by atoms with Crippen LogP contribution in [0.4, 0.5) is 4.79 Å². The Morgan fingerprint density at radius 1 is 1.10 bits per heavy atom. The zero-order valence-corrected chi connectivity index (χ0v) is 11.9. The van der Waals surface area contributed by atoms with Gasteiger partial charge in [-0.25, -0.2) is 4.79 Å². The number of nitrogens with one attached hydrogen (secondary N) is 1. The van der Waals surface area contributed by atoms with Gasteiger partial charge in [0.1, 0.15) is 0 Å². The third kappa shape index (κ3) is 2.76. The highest BCUT2D eigenvalue weighted by molar-refractivity contribution is 5.75. The second kappa shape index (κ2) is 5.62. The predicted octanol–water partition coefficient (Wildman–Crippen LogP) is 2.07. The van der Waals surface area contributed by atoms with E-state index in [1.165, 1.54) is 19.3 Å². The van der Waals surface area contributed by atoms with Gasteiger partial charge in [0.15, 0.2) is 0 Å². The summed E-state index contributed by atoms with van der Waals surface area (Å²) >= 11 is 0. The van der Waals surface area contributed by atoms with Crippen molar-refractivity contribution >= 4 is 12.0 Å². The van der Waals surface area contributed by atoms with Crippen molar-refractivity contribution in [3.05, 3.63) is 0 Å². The van der Waals surface area contributed by atoms with Crippen LogP contribution >= 0.6 is 0 Å². The Balaban J connectivity index is 1.40. The maximum absolute atomic E-state index is 12.2. The van der Waals surface area contributed by atoms with Crippen molar-refractivity contribution in [3.63, 3.8) is 0 Å². The van der Waals surface area contributed by atoms with E-state index in [-0.39, 0.29) is 11.9 Å². The molecule has 2 bridgehead atoms. The molecule has 2 saturated carbocycles. The van der Waals surface area contributed by atoms with Crippen molar-refractivity contribution in [2.75, 3.05) is 13.1 Å². The van der Waals surface area contributed by atoms with Gasteiger partial charge < -0.3 is 15.3 Å². The van der Waals surface area contributed by atoms with Crippen LogP contribution in [0.3, 0.4) is 0 Å². The van der Waals surface area contributed by atoms with Gasteiger partial charge in [0, 0.05) is 19.1 Å². The van der Waals surface area contributed by atoms with Gasteiger partial charge in [-0.1, -0.05) is 0 Å². The molecule has 2 N–H and O–H groups in total. The molecule has 1 heterocycles. The number of piperidine rings is 1. The van der Waals surface area contributed by atoms with Crippen molar-refractivity contribution < 1.29 is 14.7 Å². The number of aliphatic carboxylic acids is 1. The van der Waals surface area contributed by atoms with E-state index >= 15 is 0 Å². The average molecular weight is 280 g/mol. The Morgan fingerprint density at radius 2 is 1.85 bits per heavy atom. The van der Waals surface area contributed by atoms with Crippen molar-refractivity contribution in [1.29, 1.82) is 0 Å². The van der Waals surface area contributed by atoms with Gasteiger partial charge in [-0.2, -0.15) is 0 Å². The lowest BCUT2D eigenvalue weighted by Gasteiger charge is -2.30. The predicted molar refractivity (Wildman–Crippen MR) is 74.3 cm³/mol. The molecule has 0 radical (unpaired) electrons. The molecule has 112 valence electrons. The van der Waals surface area contributed by atoms with Crippen LogP contribution in [0.5, 0.6) is 0 Å². The fourth-order valence-electron chi connectivity index (χ4n) is 4.12. The first-order valence-corrected chi connectivity index (χ1v) is 7.90. The number of amides is 2. The number of likely N-dealkylation sites (tertiary alicyclic amines) is 1. The van der Waals surface area contributed by atoms with Gasteiger partial charge in [-0.3, -0.25) is 4.79 Å². The molecule has 5 nitrogen and oxygen atoms in total. The van der Waals surface area contributed by atoms with E-state index in [0.29, 0.717) is 18.5 Å². The second-order valence-corrected chi connectivity index (χ2v) is 6.73. The van der Waals surface area contributed by atoms with Crippen LogP contribution in [-0.4, -0.2) is 41.1 Å². The Hall–Kier alpha value is -1.26. The van der Waals surface area contributed by atoms with Crippen LogP contribution in [0.2, 0.25) is 0 Å². The van der Waals surface area contributed by atoms with Crippen LogP contribution in [-0.2, 0) is 4.79 Å². The highest BCUT2D eigenvalue weighted by Crippen LogP contribution is 2.37. The molecule has 2 aliphatic carbocycles. The Bertz CT molecular complexity index is 391. The number of carboxylic acids is 1. The maximum Gasteiger partial charge on any atom is 0.317 e. The number of hydrogen-bond acceptors (Lipinski definition) is 2. The zero-order valence-electron chi connectivity index (χ0n) is 11.9. The topological polar surface area (TPSA) is 69.6 Å². The first-order chi connectivity index (χ1) is 9.63. The van der Waals surface area contributed by atoms with Gasteiger partial charge in [0.05, 0.1) is 5.92 Å². The summed E-state index contributed by atoms with van der Waals surface area (Å²) < 4.78 is 0. The Morgan fingerprint density at radius 3 is 2.40 bits per heavy atom. The minimum Gasteiger partial charge on any atom is -0.481 e. The van der Waals surface area contributed by atoms with Gasteiger partial charge >= 0.3 is 12.0 Å². The normalized spacial score (nSPS) is 36.1. The summed E-state index contributed by atoms with van der Waals surface area (Å²) in [6.45, 7) is 1.64. The monoisotopic (exact) mass is 280 g/mol. The van der Waals surface area contributed by atoms with Gasteiger partial charge in [-0.15, -0.1) is 0 Å². The third-order valence-corrected chi connectivity index (χ3v) is 5.41. The lowest BCUT2D eigenvalue weighted by molar-refractivity contribution is -0.143. The molecule has 0 aromatic heterocycles. The van der Waals surface area contributed by atoms with Gasteiger partial charge in [0.2, 0.25) is 0 Å². The van der Waals surface area contributed by atoms with E-state index in [4.69, 9.17) is 5.11 Å². The quantitative estimate of drug-likeness (QED) is 0.831. The molecular weight excluding hydrogens is 256 g/mol. The van der Waals surface area contributed by atoms with Crippen LogP contribution in [0.25, 0.3) is 0 Å². The summed E-state index contributed by atoms with van der Waals surface area (Å²) in [5.41, 5.74) is 0. The average Bonchev–Trinajstić information content (AvgIpc) is 3.08. The standard InChI is InChI=1S/C15H24N2O3/c18-14(19)12-4-1-10(2-5-12)8-16-15(20)17-9-11-3-6-13(17)7-11/h10-13H,1-9H2,(H,16,20)(H,18,19). The molecule has 3 rings (SSSR count). The van der Waals surface area contributed by atoms with E-state index in [1.54, 1.807) is 0 Å². The van der Waals surface area contributed by atoms with Crippen molar-refractivity contribution in [2.24, 2.45) is 17.8 Å². The third-order valence-electron chi connectivity index (χ3n) is 5.41. The van der Waals surface area contributed by atoms with Gasteiger partial charge in [0.25, 0.3) is 0 Å². The van der Waals surface area contributed by atoms with Crippen LogP contribution in [0.1, 0.15) is 44.9 Å². The summed E-state index contributed by atoms with van der Waals surface area (Å²) in [6.07, 6.45) is 6.99. The number of hydrogen-bond donors (Lipinski definition) is 2. The maximum atomic E-state index is 12.2. The lowest BCUT2D eigenvalue weighted by atomic mass is 9.82. The molecule has 20 heavy (non-hydrogen) atoms. The summed E-state index contributed by atoms with van der Waals surface area (Å²) in [5, 5.41) is 12.0. The van der Waals surface area contributed by atoms with Crippen LogP contribution < -0.4 is 5.32 Å². The fourth-order valence-corrected chi connectivity index (χ4v) is 4.12. The SMILES string of the molecule is O=C(O)C1CCC(CNC(=O)N2CC3CCC2C3)CC1. The molecule has 3 fully saturated rings. The number of carbonyl (C=O) groups is 2. The number of fused-ring (bicyclic) bond motifs is 2. The van der Waals surface area contributed by atoms with Crippen LogP contribution in [0.15, 0.2) is 0 Å². The molecule has 0 aromatic rings. The zero-order chi connectivity index (χ0) is 14.1. The molecule has 3 aliphatic rings. The second-order valence-electron chi connectivity index (χ2n) is 6.73. The molecule has 1 aliphatic heterocycles. The minimum absolute atomic E-state index is 0.0950. The molecule has 2 amide bonds. The number of nitrogens with zero attached hydrogens (tertiary/aromatic N) is 1. The van der Waals surface area contributed by atoms with E-state index in [0.717, 1.165) is 38.1 Å². The first-order valence-electron chi connectivity index (χ1n) is 7.90. The highest BCUT2D eigenvalue weighted by atomic mass is 16.4. The lowest BCUT2D eigenvalue weighted by Crippen LogP contribution is -2.45. The van der Waals surface area contributed by atoms with Gasteiger partial charge in [-0.05, 0) is 56.8 Å². The largest absolute Gasteiger partial charge is 0.481 e. The Kier molecular flexibility index (Phi) is 3.85. The van der Waals surface area contributed by atoms with Crippen molar-refractivity contribution in [2.45, 2.75) is 51.0 Å². The van der Waals surface area contributed by atoms with Crippen molar-refractivity contribution in [3.8, 4) is 0 Å². The van der Waals surface area contributed by atoms with E-state index in [9.17, 15) is 9.59 Å². The van der Waals surface area contributed by atoms with Crippen molar-refractivity contribution in [1.82, 2.24) is 10.2 Å². The smallest absolute Gasteiger partial charge is 0.317 e. The molecule has 5 heteroatoms. The van der Waals surface area contributed by atoms with E-state index < -0.39 is 5.97 Å². The van der Waals surface area contributed by atoms with Crippen LogP contribution in [0, 0.1) is 17.8 Å². The summed E-state index contributed by atoms with van der Waals surface area (Å²) in [7, 11) is 0. The minimum atomic E-state index is -0.666. The molecular formula is C15H24N2O3. The summed E-state index contributed by atoms with van der Waals surface area (Å²) in [4.78, 5) is 25.1. The van der Waals surface area contributed by atoms with E-state index in [1.807, 2.05) is 4.90 Å². The molecule has 2 unspecified atom stereocenters. The first kappa shape index (κ1) is 13.7. The Labute approximate surface area is 119 Å². The number of carbonyl (C=O) groups excluding carboxylic acids is 1. The number of urea groups is 1. The molecule has 0 aromatic carbocycles. The highest BCUT2D eigenvalue weighted by Gasteiger charge is 2.40. The summed E-state index contributed by atoms with van der Waals surface area (Å²) in [6, 6.07) is 0.570. The molecule has 2 atom stereocenters. The number of rotatable bonds is 3. The fraction of sp³-hybridized carbons (Fsp3) is 0.867. The summed E-state index contributed by atoms with van der Waals surface area (Å²) in [5.74, 6) is 0.350.